The van der Waals surface area contributed by atoms with Gasteiger partial charge in [0, 0.05) is 49.3 Å². The van der Waals surface area contributed by atoms with Crippen molar-refractivity contribution in [2.24, 2.45) is 0 Å². The highest BCUT2D eigenvalue weighted by Crippen LogP contribution is 2.50. The first kappa shape index (κ1) is 44.5. The molecule has 0 fully saturated rings. The standard InChI is InChI=1S/C72H49N5/c1-72(2)60-31-15-12-26-53(60)59-44-51(41-43-61(59)72)70-73-69(49-38-36-48(37-39-49)46-20-6-3-7-21-46)74-71(75-70)58-28-14-17-33-63(58)77-62-32-16-13-27-56(62)67-54(30-19-35-65(67)77)55-29-18-34-64-68(55)57-42-40-50(47-22-8-4-9-23-47)45-66(57)76(64)52-24-10-5-11-25-52/h3-45H,1-2H3. The van der Waals surface area contributed by atoms with Crippen LogP contribution in [0.15, 0.2) is 261 Å². The van der Waals surface area contributed by atoms with Gasteiger partial charge in [-0.15, -0.1) is 0 Å². The number of benzene rings is 11. The van der Waals surface area contributed by atoms with Crippen molar-refractivity contribution in [3.63, 3.8) is 0 Å². The van der Waals surface area contributed by atoms with Crippen LogP contribution in [0, 0.1) is 0 Å². The van der Waals surface area contributed by atoms with Gasteiger partial charge in [0.25, 0.3) is 0 Å². The molecule has 15 rings (SSSR count). The Morgan fingerprint density at radius 2 is 0.766 bits per heavy atom. The first-order chi connectivity index (χ1) is 38.0. The van der Waals surface area contributed by atoms with Crippen LogP contribution < -0.4 is 0 Å². The second kappa shape index (κ2) is 17.6. The Kier molecular flexibility index (Phi) is 10.2. The van der Waals surface area contributed by atoms with E-state index >= 15 is 0 Å². The normalized spacial score (nSPS) is 12.6. The summed E-state index contributed by atoms with van der Waals surface area (Å²) in [5, 5.41) is 4.78. The van der Waals surface area contributed by atoms with E-state index in [-0.39, 0.29) is 5.41 Å². The molecule has 1 aliphatic rings. The van der Waals surface area contributed by atoms with Crippen molar-refractivity contribution in [2.45, 2.75) is 19.3 Å². The second-order valence-corrected chi connectivity index (χ2v) is 20.7. The lowest BCUT2D eigenvalue weighted by molar-refractivity contribution is 0.660. The molecule has 0 spiro atoms. The average Bonchev–Trinajstić information content (AvgIpc) is 4.19. The second-order valence-electron chi connectivity index (χ2n) is 20.7. The highest BCUT2D eigenvalue weighted by atomic mass is 15.1. The van der Waals surface area contributed by atoms with Gasteiger partial charge in [-0.05, 0) is 110 Å². The van der Waals surface area contributed by atoms with E-state index in [0.29, 0.717) is 17.5 Å². The molecule has 0 unspecified atom stereocenters. The van der Waals surface area contributed by atoms with Crippen molar-refractivity contribution in [1.29, 1.82) is 0 Å². The van der Waals surface area contributed by atoms with Crippen molar-refractivity contribution in [3.8, 4) is 90.0 Å². The van der Waals surface area contributed by atoms with Gasteiger partial charge in [-0.3, -0.25) is 0 Å². The first-order valence-electron chi connectivity index (χ1n) is 26.4. The molecule has 0 radical (unpaired) electrons. The Bertz CT molecular complexity index is 4630. The molecule has 0 saturated carbocycles. The number of fused-ring (bicyclic) bond motifs is 9. The van der Waals surface area contributed by atoms with Gasteiger partial charge >= 0.3 is 0 Å². The third-order valence-electron chi connectivity index (χ3n) is 16.0. The summed E-state index contributed by atoms with van der Waals surface area (Å²) in [7, 11) is 0. The first-order valence-corrected chi connectivity index (χ1v) is 26.4. The van der Waals surface area contributed by atoms with Gasteiger partial charge in [0.2, 0.25) is 0 Å². The summed E-state index contributed by atoms with van der Waals surface area (Å²) >= 11 is 0. The fourth-order valence-electron chi connectivity index (χ4n) is 12.4. The Balaban J connectivity index is 0.936. The number of aromatic nitrogens is 5. The monoisotopic (exact) mass is 983 g/mol. The molecule has 362 valence electrons. The van der Waals surface area contributed by atoms with Crippen LogP contribution in [-0.4, -0.2) is 24.1 Å². The molecule has 0 amide bonds. The molecule has 3 heterocycles. The Hall–Kier alpha value is -9.97. The summed E-state index contributed by atoms with van der Waals surface area (Å²) in [5.41, 5.74) is 21.4. The lowest BCUT2D eigenvalue weighted by atomic mass is 9.82. The molecular formula is C72H49N5. The number of hydrogen-bond acceptors (Lipinski definition) is 3. The van der Waals surface area contributed by atoms with Gasteiger partial charge in [0.1, 0.15) is 0 Å². The van der Waals surface area contributed by atoms with Gasteiger partial charge in [-0.25, -0.2) is 15.0 Å². The third kappa shape index (κ3) is 7.12. The maximum atomic E-state index is 5.46. The lowest BCUT2D eigenvalue weighted by Crippen LogP contribution is -2.14. The zero-order valence-electron chi connectivity index (χ0n) is 42.6. The van der Waals surface area contributed by atoms with E-state index in [1.54, 1.807) is 0 Å². The molecule has 11 aromatic carbocycles. The Morgan fingerprint density at radius 1 is 0.286 bits per heavy atom. The highest BCUT2D eigenvalue weighted by molar-refractivity contribution is 6.22. The van der Waals surface area contributed by atoms with Crippen molar-refractivity contribution in [2.75, 3.05) is 0 Å². The van der Waals surface area contributed by atoms with Crippen molar-refractivity contribution < 1.29 is 0 Å². The number of rotatable bonds is 8. The maximum Gasteiger partial charge on any atom is 0.166 e. The van der Waals surface area contributed by atoms with E-state index in [9.17, 15) is 0 Å². The molecule has 3 aromatic heterocycles. The number of nitrogens with zero attached hydrogens (tertiary/aromatic N) is 5. The zero-order chi connectivity index (χ0) is 51.2. The fourth-order valence-corrected chi connectivity index (χ4v) is 12.4. The molecular weight excluding hydrogens is 935 g/mol. The summed E-state index contributed by atoms with van der Waals surface area (Å²) < 4.78 is 4.84. The van der Waals surface area contributed by atoms with Gasteiger partial charge in [0.05, 0.1) is 27.8 Å². The largest absolute Gasteiger partial charge is 0.309 e. The maximum absolute atomic E-state index is 5.46. The molecule has 0 N–H and O–H groups in total. The van der Waals surface area contributed by atoms with Gasteiger partial charge in [0.15, 0.2) is 17.5 Å². The topological polar surface area (TPSA) is 48.5 Å². The van der Waals surface area contributed by atoms with Crippen LogP contribution in [-0.2, 0) is 5.41 Å². The predicted molar refractivity (Wildman–Crippen MR) is 319 cm³/mol. The van der Waals surface area contributed by atoms with E-state index in [1.165, 1.54) is 71.6 Å². The summed E-state index contributed by atoms with van der Waals surface area (Å²) in [5.74, 6) is 1.84. The van der Waals surface area contributed by atoms with Crippen LogP contribution in [0.1, 0.15) is 25.0 Å². The minimum Gasteiger partial charge on any atom is -0.309 e. The van der Waals surface area contributed by atoms with E-state index in [1.807, 2.05) is 0 Å². The van der Waals surface area contributed by atoms with Gasteiger partial charge < -0.3 is 9.13 Å². The minimum absolute atomic E-state index is 0.123. The molecule has 1 aliphatic carbocycles. The van der Waals surface area contributed by atoms with Crippen molar-refractivity contribution >= 4 is 43.6 Å². The van der Waals surface area contributed by atoms with E-state index in [2.05, 4.69) is 284 Å². The Morgan fingerprint density at radius 3 is 1.49 bits per heavy atom. The van der Waals surface area contributed by atoms with Gasteiger partial charge in [-0.1, -0.05) is 220 Å². The van der Waals surface area contributed by atoms with Crippen LogP contribution in [0.3, 0.4) is 0 Å². The lowest BCUT2D eigenvalue weighted by Gasteiger charge is -2.21. The summed E-state index contributed by atoms with van der Waals surface area (Å²) in [6.45, 7) is 4.63. The molecule has 0 atom stereocenters. The van der Waals surface area contributed by atoms with E-state index in [4.69, 9.17) is 15.0 Å². The van der Waals surface area contributed by atoms with Crippen LogP contribution in [0.4, 0.5) is 0 Å². The zero-order valence-corrected chi connectivity index (χ0v) is 42.6. The highest BCUT2D eigenvalue weighted by Gasteiger charge is 2.35. The predicted octanol–water partition coefficient (Wildman–Crippen LogP) is 18.4. The molecule has 5 heteroatoms. The summed E-state index contributed by atoms with van der Waals surface area (Å²) in [6, 6.07) is 93.9. The smallest absolute Gasteiger partial charge is 0.166 e. The molecule has 5 nitrogen and oxygen atoms in total. The van der Waals surface area contributed by atoms with Gasteiger partial charge in [-0.2, -0.15) is 0 Å². The minimum atomic E-state index is -0.123. The molecule has 0 saturated heterocycles. The number of hydrogen-bond donors (Lipinski definition) is 0. The van der Waals surface area contributed by atoms with Crippen molar-refractivity contribution in [1.82, 2.24) is 24.1 Å². The van der Waals surface area contributed by atoms with E-state index in [0.717, 1.165) is 55.7 Å². The van der Waals surface area contributed by atoms with Crippen LogP contribution in [0.2, 0.25) is 0 Å². The van der Waals surface area contributed by atoms with E-state index < -0.39 is 0 Å². The molecule has 14 aromatic rings. The molecule has 0 aliphatic heterocycles. The summed E-state index contributed by atoms with van der Waals surface area (Å²) in [6.07, 6.45) is 0. The van der Waals surface area contributed by atoms with Crippen molar-refractivity contribution in [3.05, 3.63) is 272 Å². The molecule has 0 bridgehead atoms. The molecule has 77 heavy (non-hydrogen) atoms. The SMILES string of the molecule is CC1(C)c2ccccc2-c2cc(-c3nc(-c4ccc(-c5ccccc5)cc4)nc(-c4ccccc4-n4c5ccccc5c5c(-c6cccc7c6c6ccc(-c8ccccc8)cc6n7-c6ccccc6)cccc54)n3)ccc21. The van der Waals surface area contributed by atoms with Crippen LogP contribution in [0.25, 0.3) is 134 Å². The third-order valence-corrected chi connectivity index (χ3v) is 16.0. The number of para-hydroxylation sites is 3. The van der Waals surface area contributed by atoms with Crippen LogP contribution in [0.5, 0.6) is 0 Å². The average molecular weight is 984 g/mol. The fraction of sp³-hybridized carbons (Fsp3) is 0.0417. The Labute approximate surface area is 446 Å². The van der Waals surface area contributed by atoms with Crippen LogP contribution >= 0.6 is 0 Å². The quantitative estimate of drug-likeness (QED) is 0.152. The summed E-state index contributed by atoms with van der Waals surface area (Å²) in [4.78, 5) is 16.2.